The molecule has 1 aromatic carbocycles. The Bertz CT molecular complexity index is 550. The number of hydrogen-bond donors (Lipinski definition) is 2. The highest BCUT2D eigenvalue weighted by Crippen LogP contribution is 2.12. The van der Waals surface area contributed by atoms with Crippen LogP contribution in [-0.4, -0.2) is 33.0 Å². The first-order chi connectivity index (χ1) is 9.29. The minimum absolute atomic E-state index is 0.0247. The zero-order valence-electron chi connectivity index (χ0n) is 10.6. The number of aliphatic carboxylic acids is 1. The van der Waals surface area contributed by atoms with E-state index in [1.807, 2.05) is 0 Å². The summed E-state index contributed by atoms with van der Waals surface area (Å²) in [6.07, 6.45) is 0. The van der Waals surface area contributed by atoms with Crippen molar-refractivity contribution in [3.8, 4) is 0 Å². The predicted octanol–water partition coefficient (Wildman–Crippen LogP) is 0.803. The number of carbonyl (C=O) groups excluding carboxylic acids is 1. The molecule has 0 fully saturated rings. The normalized spacial score (nSPS) is 13.6. The molecule has 8 heteroatoms. The molecule has 0 radical (unpaired) electrons. The number of hydrogen-bond acceptors (Lipinski definition) is 3. The molecule has 5 nitrogen and oxygen atoms in total. The average Bonchev–Trinajstić information content (AvgIpc) is 2.31. The van der Waals surface area contributed by atoms with E-state index >= 15 is 0 Å². The Labute approximate surface area is 116 Å². The summed E-state index contributed by atoms with van der Waals surface area (Å²) in [4.78, 5) is 21.7. The van der Waals surface area contributed by atoms with Crippen LogP contribution in [0.3, 0.4) is 0 Å². The molecule has 110 valence electrons. The predicted molar refractivity (Wildman–Crippen MR) is 68.3 cm³/mol. The molecule has 0 saturated carbocycles. The number of nitrogens with one attached hydrogen (secondary N) is 1. The van der Waals surface area contributed by atoms with Crippen LogP contribution in [0.4, 0.5) is 8.78 Å². The van der Waals surface area contributed by atoms with Crippen LogP contribution in [0.5, 0.6) is 0 Å². The second kappa shape index (κ2) is 7.09. The molecule has 1 aromatic rings. The highest BCUT2D eigenvalue weighted by atomic mass is 32.2. The Morgan fingerprint density at radius 2 is 2.05 bits per heavy atom. The monoisotopic (exact) mass is 305 g/mol. The summed E-state index contributed by atoms with van der Waals surface area (Å²) in [6.45, 7) is 1.14. The summed E-state index contributed by atoms with van der Waals surface area (Å²) in [5, 5.41) is 11.0. The van der Waals surface area contributed by atoms with Gasteiger partial charge in [0.05, 0.1) is 11.5 Å². The van der Waals surface area contributed by atoms with Gasteiger partial charge in [0.1, 0.15) is 17.7 Å². The molecule has 0 aromatic heterocycles. The van der Waals surface area contributed by atoms with Crippen LogP contribution in [-0.2, 0) is 26.1 Å². The Morgan fingerprint density at radius 3 is 2.55 bits per heavy atom. The van der Waals surface area contributed by atoms with E-state index in [0.717, 1.165) is 19.1 Å². The lowest BCUT2D eigenvalue weighted by Gasteiger charge is -2.13. The van der Waals surface area contributed by atoms with Crippen LogP contribution in [0.2, 0.25) is 0 Å². The maximum absolute atomic E-state index is 13.4. The highest BCUT2D eigenvalue weighted by Gasteiger charge is 2.21. The van der Waals surface area contributed by atoms with Gasteiger partial charge in [-0.05, 0) is 6.07 Å². The summed E-state index contributed by atoms with van der Waals surface area (Å²) in [5.74, 6) is -4.10. The lowest BCUT2D eigenvalue weighted by molar-refractivity contribution is -0.140. The van der Waals surface area contributed by atoms with Gasteiger partial charge in [0.15, 0.2) is 0 Å². The fourth-order valence-electron chi connectivity index (χ4n) is 1.48. The smallest absolute Gasteiger partial charge is 0.327 e. The third-order valence-electron chi connectivity index (χ3n) is 2.36. The van der Waals surface area contributed by atoms with Gasteiger partial charge in [0.2, 0.25) is 5.91 Å². The first kappa shape index (κ1) is 16.2. The van der Waals surface area contributed by atoms with Gasteiger partial charge in [-0.15, -0.1) is 0 Å². The van der Waals surface area contributed by atoms with Gasteiger partial charge in [-0.1, -0.05) is 6.07 Å². The van der Waals surface area contributed by atoms with Crippen molar-refractivity contribution in [1.82, 2.24) is 5.32 Å². The van der Waals surface area contributed by atoms with Crippen molar-refractivity contribution in [3.05, 3.63) is 35.4 Å². The van der Waals surface area contributed by atoms with Crippen molar-refractivity contribution in [1.29, 1.82) is 0 Å². The molecule has 0 aliphatic rings. The summed E-state index contributed by atoms with van der Waals surface area (Å²) in [7, 11) is -1.71. The van der Waals surface area contributed by atoms with Gasteiger partial charge >= 0.3 is 5.97 Å². The summed E-state index contributed by atoms with van der Waals surface area (Å²) in [6, 6.07) is 1.53. The molecule has 1 rings (SSSR count). The van der Waals surface area contributed by atoms with Gasteiger partial charge in [0.25, 0.3) is 0 Å². The molecule has 2 N–H and O–H groups in total. The van der Waals surface area contributed by atoms with Crippen molar-refractivity contribution in [3.63, 3.8) is 0 Å². The van der Waals surface area contributed by atoms with E-state index in [1.54, 1.807) is 0 Å². The van der Waals surface area contributed by atoms with Crippen LogP contribution in [0.1, 0.15) is 12.5 Å². The van der Waals surface area contributed by atoms with E-state index in [4.69, 9.17) is 5.11 Å². The zero-order chi connectivity index (χ0) is 15.3. The van der Waals surface area contributed by atoms with Crippen molar-refractivity contribution in [2.75, 3.05) is 5.75 Å². The maximum Gasteiger partial charge on any atom is 0.327 e. The summed E-state index contributed by atoms with van der Waals surface area (Å²) in [5.41, 5.74) is 0.0247. The van der Waals surface area contributed by atoms with Crippen molar-refractivity contribution >= 4 is 22.7 Å². The first-order valence-electron chi connectivity index (χ1n) is 5.58. The van der Waals surface area contributed by atoms with Crippen LogP contribution in [0.15, 0.2) is 18.2 Å². The molecule has 0 aliphatic heterocycles. The topological polar surface area (TPSA) is 83.5 Å². The van der Waals surface area contributed by atoms with Crippen molar-refractivity contribution in [2.24, 2.45) is 0 Å². The van der Waals surface area contributed by atoms with Gasteiger partial charge < -0.3 is 10.4 Å². The molecule has 2 atom stereocenters. The van der Waals surface area contributed by atoms with Crippen LogP contribution in [0.25, 0.3) is 0 Å². The molecule has 0 saturated heterocycles. The van der Waals surface area contributed by atoms with E-state index in [2.05, 4.69) is 5.32 Å². The number of carboxylic acids is 1. The van der Waals surface area contributed by atoms with E-state index < -0.39 is 40.4 Å². The minimum Gasteiger partial charge on any atom is -0.480 e. The van der Waals surface area contributed by atoms with Crippen molar-refractivity contribution in [2.45, 2.75) is 18.7 Å². The number of halogens is 2. The third-order valence-corrected chi connectivity index (χ3v) is 3.70. The number of benzene rings is 1. The Morgan fingerprint density at radius 1 is 1.40 bits per heavy atom. The SMILES string of the molecule is CC(=O)NC(CS(=O)Cc1ccc(F)cc1F)C(=O)O. The van der Waals surface area contributed by atoms with E-state index in [9.17, 15) is 22.6 Å². The van der Waals surface area contributed by atoms with E-state index in [-0.39, 0.29) is 17.1 Å². The molecule has 0 bridgehead atoms. The Kier molecular flexibility index (Phi) is 5.75. The summed E-state index contributed by atoms with van der Waals surface area (Å²) >= 11 is 0. The number of carboxylic acid groups (broad SMARTS) is 1. The van der Waals surface area contributed by atoms with E-state index in [0.29, 0.717) is 6.07 Å². The molecule has 0 heterocycles. The number of amides is 1. The van der Waals surface area contributed by atoms with Crippen LogP contribution in [0, 0.1) is 11.6 Å². The van der Waals surface area contributed by atoms with Gasteiger partial charge in [-0.3, -0.25) is 9.00 Å². The molecule has 2 unspecified atom stereocenters. The van der Waals surface area contributed by atoms with Crippen LogP contribution < -0.4 is 5.32 Å². The van der Waals surface area contributed by atoms with E-state index in [1.165, 1.54) is 0 Å². The Hall–Kier alpha value is -1.83. The molecule has 1 amide bonds. The van der Waals surface area contributed by atoms with Gasteiger partial charge in [0, 0.05) is 29.4 Å². The number of rotatable bonds is 6. The second-order valence-corrected chi connectivity index (χ2v) is 5.58. The largest absolute Gasteiger partial charge is 0.480 e. The molecule has 0 spiro atoms. The lowest BCUT2D eigenvalue weighted by Crippen LogP contribution is -2.43. The van der Waals surface area contributed by atoms with Gasteiger partial charge in [-0.25, -0.2) is 13.6 Å². The van der Waals surface area contributed by atoms with Crippen molar-refractivity contribution < 1.29 is 27.7 Å². The second-order valence-electron chi connectivity index (χ2n) is 4.08. The highest BCUT2D eigenvalue weighted by molar-refractivity contribution is 7.84. The fourth-order valence-corrected chi connectivity index (χ4v) is 2.77. The fraction of sp³-hybridized carbons (Fsp3) is 0.333. The lowest BCUT2D eigenvalue weighted by atomic mass is 10.2. The quantitative estimate of drug-likeness (QED) is 0.814. The third kappa shape index (κ3) is 5.04. The molecule has 20 heavy (non-hydrogen) atoms. The standard InChI is InChI=1S/C12H13F2NO4S/c1-7(16)15-11(12(17)18)6-20(19)5-8-2-3-9(13)4-10(8)14/h2-4,11H,5-6H2,1H3,(H,15,16)(H,17,18). The Balaban J connectivity index is 2.70. The minimum atomic E-state index is -1.71. The zero-order valence-corrected chi connectivity index (χ0v) is 11.4. The maximum atomic E-state index is 13.4. The average molecular weight is 305 g/mol. The molecule has 0 aliphatic carbocycles. The van der Waals surface area contributed by atoms with Crippen LogP contribution >= 0.6 is 0 Å². The molecular formula is C12H13F2NO4S. The van der Waals surface area contributed by atoms with Gasteiger partial charge in [-0.2, -0.15) is 0 Å². The first-order valence-corrected chi connectivity index (χ1v) is 7.07. The number of carbonyl (C=O) groups is 2. The summed E-state index contributed by atoms with van der Waals surface area (Å²) < 4.78 is 37.8. The molecular weight excluding hydrogens is 292 g/mol.